The predicted molar refractivity (Wildman–Crippen MR) is 129 cm³/mol. The molecule has 174 valence electrons. The van der Waals surface area contributed by atoms with E-state index in [9.17, 15) is 15.3 Å². The van der Waals surface area contributed by atoms with Crippen molar-refractivity contribution in [3.63, 3.8) is 0 Å². The van der Waals surface area contributed by atoms with Gasteiger partial charge >= 0.3 is 0 Å². The number of hydrogen-bond acceptors (Lipinski definition) is 5. The van der Waals surface area contributed by atoms with E-state index in [1.807, 2.05) is 18.9 Å². The average Bonchev–Trinajstić information content (AvgIpc) is 2.98. The molecule has 0 aliphatic heterocycles. The van der Waals surface area contributed by atoms with Gasteiger partial charge < -0.3 is 20.1 Å². The van der Waals surface area contributed by atoms with Crippen molar-refractivity contribution in [1.82, 2.24) is 4.90 Å². The zero-order valence-electron chi connectivity index (χ0n) is 19.3. The Morgan fingerprint density at radius 1 is 0.818 bits per heavy atom. The Hall–Kier alpha value is -2.54. The van der Waals surface area contributed by atoms with Crippen LogP contribution in [-0.2, 0) is 23.2 Å². The highest BCUT2D eigenvalue weighted by Crippen LogP contribution is 2.43. The average molecular weight is 448 g/mol. The Bertz CT molecular complexity index is 1020. The summed E-state index contributed by atoms with van der Waals surface area (Å²) in [4.78, 5) is 1.90. The molecule has 1 unspecified atom stereocenters. The van der Waals surface area contributed by atoms with Gasteiger partial charge in [0.05, 0.1) is 0 Å². The summed E-state index contributed by atoms with van der Waals surface area (Å²) in [5.41, 5.74) is 5.55. The second-order valence-corrected chi connectivity index (χ2v) is 8.72. The molecular formula is C28H33NO4. The molecule has 0 spiro atoms. The smallest absolute Gasteiger partial charge is 0.178 e. The maximum atomic E-state index is 11.0. The van der Waals surface area contributed by atoms with Crippen LogP contribution in [0.15, 0.2) is 72.8 Å². The van der Waals surface area contributed by atoms with Gasteiger partial charge in [0, 0.05) is 18.7 Å². The molecule has 5 heteroatoms. The molecular weight excluding hydrogens is 414 g/mol. The Labute approximate surface area is 195 Å². The van der Waals surface area contributed by atoms with Gasteiger partial charge in [-0.15, -0.1) is 0 Å². The molecule has 0 heterocycles. The van der Waals surface area contributed by atoms with Gasteiger partial charge in [0.25, 0.3) is 0 Å². The largest absolute Gasteiger partial charge is 0.374 e. The summed E-state index contributed by atoms with van der Waals surface area (Å²) in [5, 5.41) is 29.6. The van der Waals surface area contributed by atoms with Crippen LogP contribution in [0.1, 0.15) is 59.2 Å². The zero-order chi connectivity index (χ0) is 23.4. The quantitative estimate of drug-likeness (QED) is 0.454. The third-order valence-corrected chi connectivity index (χ3v) is 6.73. The van der Waals surface area contributed by atoms with E-state index >= 15 is 0 Å². The molecule has 0 fully saturated rings. The highest BCUT2D eigenvalue weighted by atomic mass is 16.5. The van der Waals surface area contributed by atoms with Gasteiger partial charge in [0.2, 0.25) is 0 Å². The van der Waals surface area contributed by atoms with E-state index in [2.05, 4.69) is 48.5 Å². The number of hydrogen-bond donors (Lipinski definition) is 3. The maximum absolute atomic E-state index is 11.0. The van der Waals surface area contributed by atoms with Crippen LogP contribution in [-0.4, -0.2) is 40.4 Å². The number of benzene rings is 3. The summed E-state index contributed by atoms with van der Waals surface area (Å²) in [6.07, 6.45) is 0.309. The van der Waals surface area contributed by atoms with Crippen LogP contribution in [0.2, 0.25) is 0 Å². The minimum atomic E-state index is -1.52. The topological polar surface area (TPSA) is 73.2 Å². The first-order valence-electron chi connectivity index (χ1n) is 11.6. The Morgan fingerprint density at radius 2 is 1.33 bits per heavy atom. The van der Waals surface area contributed by atoms with E-state index in [1.54, 1.807) is 24.3 Å². The fourth-order valence-electron chi connectivity index (χ4n) is 4.97. The summed E-state index contributed by atoms with van der Waals surface area (Å²) < 4.78 is 6.62. The monoisotopic (exact) mass is 447 g/mol. The summed E-state index contributed by atoms with van der Waals surface area (Å²) >= 11 is 0. The molecule has 1 aliphatic carbocycles. The van der Waals surface area contributed by atoms with Crippen molar-refractivity contribution >= 4 is 0 Å². The fourth-order valence-corrected chi connectivity index (χ4v) is 4.97. The summed E-state index contributed by atoms with van der Waals surface area (Å²) in [5.74, 6) is 0. The van der Waals surface area contributed by atoms with Crippen LogP contribution >= 0.6 is 0 Å². The Kier molecular flexibility index (Phi) is 7.27. The molecule has 0 amide bonds. The SMILES string of the molecule is CCOC1(CCN(C)C(O)c2ccc(C(O)O)cc2)c2ccccc2CCc2ccccc21. The molecule has 1 atom stereocenters. The minimum absolute atomic E-state index is 0.399. The summed E-state index contributed by atoms with van der Waals surface area (Å²) in [7, 11) is 1.90. The van der Waals surface area contributed by atoms with Gasteiger partial charge in [-0.05, 0) is 61.1 Å². The molecule has 0 radical (unpaired) electrons. The van der Waals surface area contributed by atoms with Crippen molar-refractivity contribution in [3.8, 4) is 0 Å². The van der Waals surface area contributed by atoms with Gasteiger partial charge in [-0.25, -0.2) is 0 Å². The van der Waals surface area contributed by atoms with Gasteiger partial charge in [-0.2, -0.15) is 0 Å². The van der Waals surface area contributed by atoms with Gasteiger partial charge in [-0.3, -0.25) is 4.90 Å². The molecule has 0 saturated heterocycles. The van der Waals surface area contributed by atoms with Gasteiger partial charge in [0.1, 0.15) is 11.8 Å². The molecule has 3 aromatic rings. The number of rotatable bonds is 8. The van der Waals surface area contributed by atoms with Crippen molar-refractivity contribution in [1.29, 1.82) is 0 Å². The summed E-state index contributed by atoms with van der Waals surface area (Å²) in [6.45, 7) is 3.22. The Morgan fingerprint density at radius 3 is 1.85 bits per heavy atom. The molecule has 0 bridgehead atoms. The van der Waals surface area contributed by atoms with Gasteiger partial charge in [-0.1, -0.05) is 72.8 Å². The van der Waals surface area contributed by atoms with Crippen LogP contribution in [0, 0.1) is 0 Å². The van der Waals surface area contributed by atoms with Crippen molar-refractivity contribution in [2.45, 2.75) is 44.3 Å². The number of aryl methyl sites for hydroxylation is 2. The predicted octanol–water partition coefficient (Wildman–Crippen LogP) is 4.06. The molecule has 0 saturated carbocycles. The van der Waals surface area contributed by atoms with E-state index in [1.165, 1.54) is 22.3 Å². The van der Waals surface area contributed by atoms with Crippen molar-refractivity contribution < 1.29 is 20.1 Å². The van der Waals surface area contributed by atoms with Crippen LogP contribution in [0.4, 0.5) is 0 Å². The maximum Gasteiger partial charge on any atom is 0.178 e. The van der Waals surface area contributed by atoms with Crippen LogP contribution in [0.25, 0.3) is 0 Å². The van der Waals surface area contributed by atoms with Crippen LogP contribution in [0.3, 0.4) is 0 Å². The first-order chi connectivity index (χ1) is 16.0. The number of nitrogens with zero attached hydrogens (tertiary/aromatic N) is 1. The number of fused-ring (bicyclic) bond motifs is 2. The highest BCUT2D eigenvalue weighted by molar-refractivity contribution is 5.48. The number of aliphatic hydroxyl groups excluding tert-OH is 2. The van der Waals surface area contributed by atoms with E-state index in [0.717, 1.165) is 12.8 Å². The van der Waals surface area contributed by atoms with Crippen molar-refractivity contribution in [2.24, 2.45) is 0 Å². The van der Waals surface area contributed by atoms with E-state index in [4.69, 9.17) is 4.74 Å². The third-order valence-electron chi connectivity index (χ3n) is 6.73. The van der Waals surface area contributed by atoms with Crippen LogP contribution < -0.4 is 0 Å². The molecule has 3 N–H and O–H groups in total. The van der Waals surface area contributed by atoms with Crippen molar-refractivity contribution in [3.05, 3.63) is 106 Å². The lowest BCUT2D eigenvalue weighted by molar-refractivity contribution is -0.0436. The molecule has 3 aromatic carbocycles. The second kappa shape index (κ2) is 10.2. The zero-order valence-corrected chi connectivity index (χ0v) is 19.3. The minimum Gasteiger partial charge on any atom is -0.374 e. The lowest BCUT2D eigenvalue weighted by Gasteiger charge is -2.38. The molecule has 4 rings (SSSR count). The summed E-state index contributed by atoms with van der Waals surface area (Å²) in [6, 6.07) is 23.8. The number of aliphatic hydroxyl groups is 3. The highest BCUT2D eigenvalue weighted by Gasteiger charge is 2.40. The standard InChI is InChI=1S/C28H33NO4/c1-3-33-28(18-19-29(2)26(30)22-14-16-23(17-15-22)27(31)32)24-10-6-4-8-20(24)12-13-21-9-5-7-11-25(21)28/h4-11,14-17,26-27,30-32H,3,12-13,18-19H2,1-2H3. The third kappa shape index (κ3) is 4.74. The Balaban J connectivity index is 1.65. The number of ether oxygens (including phenoxy) is 1. The fraction of sp³-hybridized carbons (Fsp3) is 0.357. The molecule has 0 aromatic heterocycles. The van der Waals surface area contributed by atoms with E-state index in [-0.39, 0.29) is 0 Å². The molecule has 5 nitrogen and oxygen atoms in total. The van der Waals surface area contributed by atoms with Crippen LogP contribution in [0.5, 0.6) is 0 Å². The first-order valence-corrected chi connectivity index (χ1v) is 11.6. The van der Waals surface area contributed by atoms with Gasteiger partial charge in [0.15, 0.2) is 6.29 Å². The molecule has 1 aliphatic rings. The normalized spacial score (nSPS) is 15.7. The lowest BCUT2D eigenvalue weighted by atomic mass is 9.80. The molecule has 33 heavy (non-hydrogen) atoms. The second-order valence-electron chi connectivity index (χ2n) is 8.72. The van der Waals surface area contributed by atoms with E-state index < -0.39 is 18.1 Å². The lowest BCUT2D eigenvalue weighted by Crippen LogP contribution is -2.37. The van der Waals surface area contributed by atoms with E-state index in [0.29, 0.717) is 30.7 Å². The van der Waals surface area contributed by atoms with Crippen molar-refractivity contribution in [2.75, 3.05) is 20.2 Å². The first kappa shape index (κ1) is 23.6.